The molecule has 0 unspecified atom stereocenters. The Balaban J connectivity index is 2.29. The topological polar surface area (TPSA) is 81.4 Å². The van der Waals surface area contributed by atoms with Crippen LogP contribution >= 0.6 is 11.3 Å². The van der Waals surface area contributed by atoms with E-state index in [9.17, 15) is 18.4 Å². The minimum absolute atomic E-state index is 0.168. The van der Waals surface area contributed by atoms with Crippen LogP contribution in [0.5, 0.6) is 0 Å². The second-order valence-electron chi connectivity index (χ2n) is 3.96. The van der Waals surface area contributed by atoms with Crippen molar-refractivity contribution in [2.24, 2.45) is 0 Å². The number of esters is 1. The summed E-state index contributed by atoms with van der Waals surface area (Å²) in [5.74, 6) is -3.47. The Kier molecular flexibility index (Phi) is 4.18. The lowest BCUT2D eigenvalue weighted by atomic mass is 10.1. The number of ether oxygens (including phenoxy) is 1. The van der Waals surface area contributed by atoms with Crippen LogP contribution in [0.1, 0.15) is 20.0 Å². The first-order valence-corrected chi connectivity index (χ1v) is 6.53. The third-order valence-corrected chi connectivity index (χ3v) is 3.51. The molecule has 0 aliphatic heterocycles. The SMILES string of the molecule is COC(=O)c1sccc1NC(=O)c1cc(N)c(F)cc1F. The number of thiophene rings is 1. The predicted molar refractivity (Wildman–Crippen MR) is 74.4 cm³/mol. The average molecular weight is 312 g/mol. The molecule has 0 saturated carbocycles. The first-order valence-electron chi connectivity index (χ1n) is 5.65. The van der Waals surface area contributed by atoms with Crippen molar-refractivity contribution in [3.05, 3.63) is 45.7 Å². The molecule has 2 aromatic rings. The molecule has 1 aromatic carbocycles. The summed E-state index contributed by atoms with van der Waals surface area (Å²) in [4.78, 5) is 23.6. The van der Waals surface area contributed by atoms with E-state index < -0.39 is 29.1 Å². The molecule has 5 nitrogen and oxygen atoms in total. The number of hydrogen-bond acceptors (Lipinski definition) is 5. The van der Waals surface area contributed by atoms with Crippen LogP contribution in [0.15, 0.2) is 23.6 Å². The molecular weight excluding hydrogens is 302 g/mol. The van der Waals surface area contributed by atoms with Gasteiger partial charge in [0.15, 0.2) is 0 Å². The number of hydrogen-bond donors (Lipinski definition) is 2. The highest BCUT2D eigenvalue weighted by Crippen LogP contribution is 2.25. The number of nitrogens with two attached hydrogens (primary N) is 1. The van der Waals surface area contributed by atoms with E-state index in [2.05, 4.69) is 10.1 Å². The lowest BCUT2D eigenvalue weighted by Crippen LogP contribution is -2.16. The van der Waals surface area contributed by atoms with E-state index in [1.54, 1.807) is 5.38 Å². The van der Waals surface area contributed by atoms with Crippen molar-refractivity contribution < 1.29 is 23.1 Å². The van der Waals surface area contributed by atoms with Crippen molar-refractivity contribution in [3.8, 4) is 0 Å². The molecule has 1 amide bonds. The average Bonchev–Trinajstić information content (AvgIpc) is 2.90. The molecule has 0 aliphatic carbocycles. The molecule has 2 rings (SSSR count). The number of anilines is 2. The van der Waals surface area contributed by atoms with Gasteiger partial charge in [0.25, 0.3) is 5.91 Å². The number of halogens is 2. The normalized spacial score (nSPS) is 10.2. The van der Waals surface area contributed by atoms with Gasteiger partial charge in [-0.25, -0.2) is 13.6 Å². The fourth-order valence-electron chi connectivity index (χ4n) is 1.59. The largest absolute Gasteiger partial charge is 0.465 e. The van der Waals surface area contributed by atoms with Gasteiger partial charge in [-0.05, 0) is 17.5 Å². The van der Waals surface area contributed by atoms with Gasteiger partial charge in [-0.2, -0.15) is 0 Å². The molecule has 0 atom stereocenters. The fourth-order valence-corrected chi connectivity index (χ4v) is 2.35. The monoisotopic (exact) mass is 312 g/mol. The summed E-state index contributed by atoms with van der Waals surface area (Å²) >= 11 is 1.06. The lowest BCUT2D eigenvalue weighted by molar-refractivity contribution is 0.0607. The zero-order valence-electron chi connectivity index (χ0n) is 10.8. The number of amides is 1. The first kappa shape index (κ1) is 14.9. The highest BCUT2D eigenvalue weighted by Gasteiger charge is 2.19. The quantitative estimate of drug-likeness (QED) is 0.674. The number of methoxy groups -OCH3 is 1. The maximum atomic E-state index is 13.6. The second kappa shape index (κ2) is 5.88. The van der Waals surface area contributed by atoms with Crippen LogP contribution in [0, 0.1) is 11.6 Å². The van der Waals surface area contributed by atoms with Crippen molar-refractivity contribution in [2.45, 2.75) is 0 Å². The van der Waals surface area contributed by atoms with Crippen molar-refractivity contribution in [1.29, 1.82) is 0 Å². The van der Waals surface area contributed by atoms with Crippen molar-refractivity contribution >= 4 is 34.6 Å². The molecule has 0 radical (unpaired) electrons. The predicted octanol–water partition coefficient (Wildman–Crippen LogP) is 2.65. The van der Waals surface area contributed by atoms with Crippen LogP contribution in [0.25, 0.3) is 0 Å². The van der Waals surface area contributed by atoms with Crippen molar-refractivity contribution in [3.63, 3.8) is 0 Å². The zero-order valence-corrected chi connectivity index (χ0v) is 11.6. The van der Waals surface area contributed by atoms with E-state index in [4.69, 9.17) is 5.73 Å². The van der Waals surface area contributed by atoms with Crippen molar-refractivity contribution in [2.75, 3.05) is 18.2 Å². The third kappa shape index (κ3) is 3.00. The maximum Gasteiger partial charge on any atom is 0.350 e. The van der Waals surface area contributed by atoms with Crippen molar-refractivity contribution in [1.82, 2.24) is 0 Å². The molecule has 8 heteroatoms. The van der Waals surface area contributed by atoms with Gasteiger partial charge in [-0.1, -0.05) is 0 Å². The molecule has 3 N–H and O–H groups in total. The van der Waals surface area contributed by atoms with Crippen LogP contribution in [0.3, 0.4) is 0 Å². The standard InChI is InChI=1S/C13H10F2N2O3S/c1-20-13(19)11-10(2-3-21-11)17-12(18)6-4-9(16)8(15)5-7(6)14/h2-5H,16H2,1H3,(H,17,18). The summed E-state index contributed by atoms with van der Waals surface area (Å²) < 4.78 is 31.2. The smallest absolute Gasteiger partial charge is 0.350 e. The number of carbonyl (C=O) groups is 2. The Labute approximate surface area is 122 Å². The molecule has 0 saturated heterocycles. The van der Waals surface area contributed by atoms with Gasteiger partial charge in [-0.3, -0.25) is 4.79 Å². The molecule has 0 bridgehead atoms. The number of carbonyl (C=O) groups excluding carboxylic acids is 2. The molecule has 1 heterocycles. The number of benzene rings is 1. The van der Waals surface area contributed by atoms with E-state index >= 15 is 0 Å². The Morgan fingerprint density at radius 3 is 2.67 bits per heavy atom. The van der Waals surface area contributed by atoms with Crippen LogP contribution < -0.4 is 11.1 Å². The summed E-state index contributed by atoms with van der Waals surface area (Å²) in [7, 11) is 1.20. The molecule has 0 fully saturated rings. The zero-order chi connectivity index (χ0) is 15.6. The van der Waals surface area contributed by atoms with Crippen LogP contribution in [-0.2, 0) is 4.74 Å². The van der Waals surface area contributed by atoms with Crippen LogP contribution in [0.4, 0.5) is 20.2 Å². The molecule has 110 valence electrons. The molecule has 0 aliphatic rings. The first-order chi connectivity index (χ1) is 9.93. The van der Waals surface area contributed by atoms with Gasteiger partial charge in [0.05, 0.1) is 24.0 Å². The number of rotatable bonds is 3. The van der Waals surface area contributed by atoms with E-state index in [0.717, 1.165) is 17.4 Å². The Morgan fingerprint density at radius 1 is 1.29 bits per heavy atom. The minimum Gasteiger partial charge on any atom is -0.465 e. The Hall–Kier alpha value is -2.48. The van der Waals surface area contributed by atoms with E-state index in [1.165, 1.54) is 13.2 Å². The van der Waals surface area contributed by atoms with Gasteiger partial charge in [-0.15, -0.1) is 11.3 Å². The summed E-state index contributed by atoms with van der Waals surface area (Å²) in [6, 6.07) is 2.89. The Morgan fingerprint density at radius 2 is 2.00 bits per heavy atom. The highest BCUT2D eigenvalue weighted by molar-refractivity contribution is 7.12. The van der Waals surface area contributed by atoms with Gasteiger partial charge < -0.3 is 15.8 Å². The molecule has 21 heavy (non-hydrogen) atoms. The Bertz CT molecular complexity index is 715. The van der Waals surface area contributed by atoms with Gasteiger partial charge >= 0.3 is 5.97 Å². The summed E-state index contributed by atoms with van der Waals surface area (Å²) in [5.41, 5.74) is 4.72. The number of nitrogen functional groups attached to an aromatic ring is 1. The van der Waals surface area contributed by atoms with Crippen LogP contribution in [0.2, 0.25) is 0 Å². The fraction of sp³-hybridized carbons (Fsp3) is 0.0769. The maximum absolute atomic E-state index is 13.6. The summed E-state index contributed by atoms with van der Waals surface area (Å²) in [6.45, 7) is 0. The van der Waals surface area contributed by atoms with Crippen LogP contribution in [-0.4, -0.2) is 19.0 Å². The van der Waals surface area contributed by atoms with Gasteiger partial charge in [0, 0.05) is 6.07 Å². The third-order valence-electron chi connectivity index (χ3n) is 2.62. The van der Waals surface area contributed by atoms with E-state index in [-0.39, 0.29) is 16.3 Å². The lowest BCUT2D eigenvalue weighted by Gasteiger charge is -2.07. The molecule has 0 spiro atoms. The number of nitrogens with one attached hydrogen (secondary N) is 1. The minimum atomic E-state index is -1.05. The molecule has 1 aromatic heterocycles. The van der Waals surface area contributed by atoms with Gasteiger partial charge in [0.1, 0.15) is 16.5 Å². The molecular formula is C13H10F2N2O3S. The van der Waals surface area contributed by atoms with E-state index in [1.807, 2.05) is 0 Å². The van der Waals surface area contributed by atoms with Gasteiger partial charge in [0.2, 0.25) is 0 Å². The summed E-state index contributed by atoms with van der Waals surface area (Å²) in [6.07, 6.45) is 0. The highest BCUT2D eigenvalue weighted by atomic mass is 32.1. The summed E-state index contributed by atoms with van der Waals surface area (Å²) in [5, 5.41) is 3.93. The second-order valence-corrected chi connectivity index (χ2v) is 4.88. The van der Waals surface area contributed by atoms with E-state index in [0.29, 0.717) is 6.07 Å².